The zero-order chi connectivity index (χ0) is 22.1. The summed E-state index contributed by atoms with van der Waals surface area (Å²) in [6.45, 7) is 2.52. The molecule has 32 heavy (non-hydrogen) atoms. The number of halogens is 1. The Morgan fingerprint density at radius 1 is 1.09 bits per heavy atom. The van der Waals surface area contributed by atoms with E-state index in [1.807, 2.05) is 54.3 Å². The average Bonchev–Trinajstić information content (AvgIpc) is 3.18. The summed E-state index contributed by atoms with van der Waals surface area (Å²) in [5, 5.41) is 11.4. The van der Waals surface area contributed by atoms with E-state index in [1.165, 1.54) is 11.1 Å². The third kappa shape index (κ3) is 4.37. The van der Waals surface area contributed by atoms with Gasteiger partial charge in [0, 0.05) is 31.7 Å². The van der Waals surface area contributed by atoms with Gasteiger partial charge < -0.3 is 14.4 Å². The second kappa shape index (κ2) is 8.94. The van der Waals surface area contributed by atoms with Crippen LogP contribution >= 0.6 is 11.6 Å². The molecule has 0 saturated carbocycles. The number of hydrogen-bond donors (Lipinski definition) is 1. The monoisotopic (exact) mass is 447 g/mol. The van der Waals surface area contributed by atoms with Crippen molar-refractivity contribution in [3.05, 3.63) is 83.1 Å². The molecular formula is C26H26ClN3O2. The van der Waals surface area contributed by atoms with E-state index in [0.29, 0.717) is 6.54 Å². The Balaban J connectivity index is 1.21. The van der Waals surface area contributed by atoms with Crippen LogP contribution < -0.4 is 4.74 Å². The molecule has 4 aromatic rings. The summed E-state index contributed by atoms with van der Waals surface area (Å²) in [6, 6.07) is 20.3. The van der Waals surface area contributed by atoms with Crippen molar-refractivity contribution in [2.45, 2.75) is 19.1 Å². The number of rotatable bonds is 6. The number of aliphatic hydroxyl groups is 1. The maximum Gasteiger partial charge on any atom is 0.120 e. The van der Waals surface area contributed by atoms with Gasteiger partial charge in [0.2, 0.25) is 0 Å². The van der Waals surface area contributed by atoms with Gasteiger partial charge in [-0.15, -0.1) is 0 Å². The largest absolute Gasteiger partial charge is 0.491 e. The van der Waals surface area contributed by atoms with Gasteiger partial charge in [-0.1, -0.05) is 41.9 Å². The fourth-order valence-corrected chi connectivity index (χ4v) is 4.68. The Hall–Kier alpha value is -2.86. The predicted molar refractivity (Wildman–Crippen MR) is 128 cm³/mol. The van der Waals surface area contributed by atoms with Crippen LogP contribution in [0.5, 0.6) is 5.75 Å². The van der Waals surface area contributed by atoms with Crippen LogP contribution in [-0.2, 0) is 20.0 Å². The zero-order valence-electron chi connectivity index (χ0n) is 18.0. The standard InChI is InChI=1S/C26H26ClN3O2/c1-29-17-28-25-9-8-19(13-26(25)29)18-4-2-6-22(12-18)32-16-21(31)15-30-11-10-23-20(14-30)5-3-7-24(23)27/h2-9,12-13,17,21,31H,10-11,14-16H2,1H3. The van der Waals surface area contributed by atoms with E-state index < -0.39 is 6.10 Å². The van der Waals surface area contributed by atoms with Crippen LogP contribution in [-0.4, -0.2) is 45.4 Å². The van der Waals surface area contributed by atoms with Crippen molar-refractivity contribution < 1.29 is 9.84 Å². The van der Waals surface area contributed by atoms with E-state index in [9.17, 15) is 5.11 Å². The van der Waals surface area contributed by atoms with E-state index in [2.05, 4.69) is 34.1 Å². The van der Waals surface area contributed by atoms with Crippen LogP contribution in [0.25, 0.3) is 22.2 Å². The zero-order valence-corrected chi connectivity index (χ0v) is 18.8. The number of imidazole rings is 1. The van der Waals surface area contributed by atoms with E-state index in [0.717, 1.165) is 52.4 Å². The lowest BCUT2D eigenvalue weighted by Gasteiger charge is -2.30. The number of benzene rings is 3. The van der Waals surface area contributed by atoms with E-state index in [4.69, 9.17) is 16.3 Å². The Kier molecular flexibility index (Phi) is 5.87. The van der Waals surface area contributed by atoms with Gasteiger partial charge in [0.15, 0.2) is 0 Å². The summed E-state index contributed by atoms with van der Waals surface area (Å²) in [7, 11) is 2.00. The molecule has 1 atom stereocenters. The minimum Gasteiger partial charge on any atom is -0.491 e. The minimum atomic E-state index is -0.565. The molecule has 1 aromatic heterocycles. The first-order chi connectivity index (χ1) is 15.6. The first-order valence-electron chi connectivity index (χ1n) is 10.9. The first-order valence-corrected chi connectivity index (χ1v) is 11.3. The molecule has 0 radical (unpaired) electrons. The van der Waals surface area contributed by atoms with Gasteiger partial charge in [0.05, 0.1) is 17.4 Å². The number of ether oxygens (including phenoxy) is 1. The molecule has 1 unspecified atom stereocenters. The second-order valence-corrected chi connectivity index (χ2v) is 8.82. The third-order valence-electron chi connectivity index (χ3n) is 6.09. The smallest absolute Gasteiger partial charge is 0.120 e. The van der Waals surface area contributed by atoms with Crippen molar-refractivity contribution >= 4 is 22.6 Å². The highest BCUT2D eigenvalue weighted by Crippen LogP contribution is 2.28. The van der Waals surface area contributed by atoms with E-state index in [-0.39, 0.29) is 6.61 Å². The molecule has 2 heterocycles. The van der Waals surface area contributed by atoms with E-state index >= 15 is 0 Å². The van der Waals surface area contributed by atoms with Crippen LogP contribution in [0.2, 0.25) is 5.02 Å². The lowest BCUT2D eigenvalue weighted by Crippen LogP contribution is -2.38. The fraction of sp³-hybridized carbons (Fsp3) is 0.269. The molecule has 0 amide bonds. The van der Waals surface area contributed by atoms with Gasteiger partial charge in [-0.25, -0.2) is 4.98 Å². The van der Waals surface area contributed by atoms with Crippen LogP contribution in [0.4, 0.5) is 0 Å². The number of aliphatic hydroxyl groups excluding tert-OH is 1. The summed E-state index contributed by atoms with van der Waals surface area (Å²) in [5.74, 6) is 0.752. The quantitative estimate of drug-likeness (QED) is 0.465. The predicted octanol–water partition coefficient (Wildman–Crippen LogP) is 4.69. The molecule has 0 spiro atoms. The number of hydrogen-bond acceptors (Lipinski definition) is 4. The number of aromatic nitrogens is 2. The summed E-state index contributed by atoms with van der Waals surface area (Å²) < 4.78 is 7.96. The second-order valence-electron chi connectivity index (χ2n) is 8.41. The van der Waals surface area contributed by atoms with Crippen molar-refractivity contribution in [1.82, 2.24) is 14.5 Å². The molecule has 1 aliphatic rings. The normalized spacial score (nSPS) is 15.0. The highest BCUT2D eigenvalue weighted by atomic mass is 35.5. The Morgan fingerprint density at radius 3 is 2.84 bits per heavy atom. The van der Waals surface area contributed by atoms with Crippen molar-refractivity contribution in [2.24, 2.45) is 7.05 Å². The maximum atomic E-state index is 10.6. The lowest BCUT2D eigenvalue weighted by atomic mass is 9.99. The van der Waals surface area contributed by atoms with Crippen LogP contribution in [0, 0.1) is 0 Å². The summed E-state index contributed by atoms with van der Waals surface area (Å²) in [5.41, 5.74) is 6.73. The van der Waals surface area contributed by atoms with Gasteiger partial charge >= 0.3 is 0 Å². The van der Waals surface area contributed by atoms with Crippen LogP contribution in [0.15, 0.2) is 67.0 Å². The first kappa shape index (κ1) is 21.0. The van der Waals surface area contributed by atoms with Crippen LogP contribution in [0.1, 0.15) is 11.1 Å². The van der Waals surface area contributed by atoms with Gasteiger partial charge in [0.25, 0.3) is 0 Å². The van der Waals surface area contributed by atoms with Gasteiger partial charge in [-0.2, -0.15) is 0 Å². The number of β-amino-alcohol motifs (C(OH)–C–C–N with tert-alkyl or cyclic N) is 1. The molecule has 164 valence electrons. The molecular weight excluding hydrogens is 422 g/mol. The topological polar surface area (TPSA) is 50.5 Å². The van der Waals surface area contributed by atoms with Gasteiger partial charge in [-0.05, 0) is 59.0 Å². The van der Waals surface area contributed by atoms with Gasteiger partial charge in [0.1, 0.15) is 18.5 Å². The third-order valence-corrected chi connectivity index (χ3v) is 6.45. The highest BCUT2D eigenvalue weighted by molar-refractivity contribution is 6.31. The molecule has 0 saturated heterocycles. The maximum absolute atomic E-state index is 10.6. The molecule has 5 nitrogen and oxygen atoms in total. The van der Waals surface area contributed by atoms with Crippen molar-refractivity contribution in [3.63, 3.8) is 0 Å². The lowest BCUT2D eigenvalue weighted by molar-refractivity contribution is 0.0638. The van der Waals surface area contributed by atoms with Crippen molar-refractivity contribution in [1.29, 1.82) is 0 Å². The molecule has 3 aromatic carbocycles. The Morgan fingerprint density at radius 2 is 1.94 bits per heavy atom. The Bertz CT molecular complexity index is 1250. The molecule has 0 bridgehead atoms. The number of fused-ring (bicyclic) bond motifs is 2. The molecule has 5 rings (SSSR count). The fourth-order valence-electron chi connectivity index (χ4n) is 4.39. The van der Waals surface area contributed by atoms with Gasteiger partial charge in [-0.3, -0.25) is 4.90 Å². The number of aryl methyl sites for hydroxylation is 1. The van der Waals surface area contributed by atoms with Crippen LogP contribution in [0.3, 0.4) is 0 Å². The SMILES string of the molecule is Cn1cnc2ccc(-c3cccc(OCC(O)CN4CCc5c(Cl)cccc5C4)c3)cc21. The Labute approximate surface area is 192 Å². The molecule has 6 heteroatoms. The molecule has 0 aliphatic carbocycles. The average molecular weight is 448 g/mol. The molecule has 1 N–H and O–H groups in total. The highest BCUT2D eigenvalue weighted by Gasteiger charge is 2.20. The number of nitrogens with zero attached hydrogens (tertiary/aromatic N) is 3. The van der Waals surface area contributed by atoms with Crippen molar-refractivity contribution in [2.75, 3.05) is 19.7 Å². The summed E-state index contributed by atoms with van der Waals surface area (Å²) >= 11 is 6.31. The molecule has 1 aliphatic heterocycles. The van der Waals surface area contributed by atoms with E-state index in [1.54, 1.807) is 0 Å². The summed E-state index contributed by atoms with van der Waals surface area (Å²) in [4.78, 5) is 6.64. The minimum absolute atomic E-state index is 0.253. The molecule has 0 fully saturated rings. The summed E-state index contributed by atoms with van der Waals surface area (Å²) in [6.07, 6.45) is 2.17. The van der Waals surface area contributed by atoms with Crippen molar-refractivity contribution in [3.8, 4) is 16.9 Å².